The van der Waals surface area contributed by atoms with Crippen molar-refractivity contribution in [1.82, 2.24) is 54.3 Å². The quantitative estimate of drug-likeness (QED) is 0.0288. The molecule has 0 heterocycles. The molecule has 3 N–H and O–H groups in total. The lowest BCUT2D eigenvalue weighted by Gasteiger charge is -2.27. The van der Waals surface area contributed by atoms with E-state index in [4.69, 9.17) is 58.6 Å². The van der Waals surface area contributed by atoms with Gasteiger partial charge in [0.1, 0.15) is 0 Å². The SMILES string of the molecule is CN(CC(=O)NCCOCCCOCCCOCCCOCCCOCCCOCCCOCCCOCCCOCCCOCCN=[N+]=[N-])C(=O)CN(C)C(=O)CN(C)C(=O)CN(C)C(=O)CN(C)C(=O)CN(C)C(=O)CN(C)C(=O)CN(C)C(=O)CN(C)C(=O)CN(C)C(=O)CCN. The molecule has 0 aromatic carbocycles. The molecule has 0 bridgehead atoms. The van der Waals surface area contributed by atoms with Crippen LogP contribution in [0.1, 0.15) is 64.2 Å². The lowest BCUT2D eigenvalue weighted by Crippen LogP contribution is -2.49. The molecule has 0 spiro atoms. The summed E-state index contributed by atoms with van der Waals surface area (Å²) >= 11 is 0. The molecule has 0 unspecified atom stereocenters. The van der Waals surface area contributed by atoms with E-state index in [9.17, 15) is 52.7 Å². The fourth-order valence-corrected chi connectivity index (χ4v) is 8.18. The van der Waals surface area contributed by atoms with E-state index in [0.717, 1.165) is 95.5 Å². The Morgan fingerprint density at radius 2 is 0.470 bits per heavy atom. The number of rotatable bonds is 64. The van der Waals surface area contributed by atoms with Gasteiger partial charge in [-0.15, -0.1) is 0 Å². The fourth-order valence-electron chi connectivity index (χ4n) is 8.18. The number of amides is 11. The highest BCUT2D eigenvalue weighted by atomic mass is 16.5. The van der Waals surface area contributed by atoms with Crippen LogP contribution in [0.5, 0.6) is 0 Å². The average Bonchev–Trinajstić information content (AvgIpc) is 0.904. The zero-order valence-electron chi connectivity index (χ0n) is 61.4. The molecule has 0 aliphatic heterocycles. The third-order valence-corrected chi connectivity index (χ3v) is 14.5. The van der Waals surface area contributed by atoms with Crippen molar-refractivity contribution in [3.8, 4) is 0 Å². The smallest absolute Gasteiger partial charge is 0.242 e. The molecule has 576 valence electrons. The van der Waals surface area contributed by atoms with Crippen molar-refractivity contribution in [1.29, 1.82) is 0 Å². The van der Waals surface area contributed by atoms with Crippen LogP contribution in [0, 0.1) is 0 Å². The highest BCUT2D eigenvalue weighted by molar-refractivity contribution is 5.94. The van der Waals surface area contributed by atoms with Gasteiger partial charge in [0, 0.05) is 220 Å². The summed E-state index contributed by atoms with van der Waals surface area (Å²) in [7, 11) is 13.6. The Morgan fingerprint density at radius 3 is 0.670 bits per heavy atom. The minimum atomic E-state index is -0.631. The number of carbonyl (C=O) groups excluding carboxylic acids is 11. The van der Waals surface area contributed by atoms with Crippen LogP contribution in [-0.2, 0) is 100 Å². The van der Waals surface area contributed by atoms with Crippen LogP contribution in [0.2, 0.25) is 0 Å². The Labute approximate surface area is 590 Å². The normalized spacial score (nSPS) is 10.9. The number of carbonyl (C=O) groups is 11. The topological polar surface area (TPSA) is 399 Å². The lowest BCUT2D eigenvalue weighted by atomic mass is 10.3. The molecule has 0 radical (unpaired) electrons. The highest BCUT2D eigenvalue weighted by Gasteiger charge is 2.27. The van der Waals surface area contributed by atoms with Gasteiger partial charge in [0.15, 0.2) is 0 Å². The molecule has 36 nitrogen and oxygen atoms in total. The lowest BCUT2D eigenvalue weighted by molar-refractivity contribution is -0.146. The van der Waals surface area contributed by atoms with Gasteiger partial charge in [0.25, 0.3) is 0 Å². The first kappa shape index (κ1) is 93.0. The molecular formula is C64H119N15O21. The van der Waals surface area contributed by atoms with Gasteiger partial charge >= 0.3 is 0 Å². The summed E-state index contributed by atoms with van der Waals surface area (Å²) in [5, 5.41) is 6.10. The monoisotopic (exact) mass is 1430 g/mol. The second-order valence-electron chi connectivity index (χ2n) is 23.6. The maximum atomic E-state index is 13.0. The third kappa shape index (κ3) is 50.4. The van der Waals surface area contributed by atoms with E-state index in [1.54, 1.807) is 0 Å². The van der Waals surface area contributed by atoms with Gasteiger partial charge < -0.3 is 107 Å². The molecule has 0 aromatic heterocycles. The summed E-state index contributed by atoms with van der Waals surface area (Å²) < 4.78 is 56.0. The molecule has 0 saturated heterocycles. The maximum absolute atomic E-state index is 13.0. The van der Waals surface area contributed by atoms with Crippen LogP contribution >= 0.6 is 0 Å². The van der Waals surface area contributed by atoms with E-state index < -0.39 is 98.3 Å². The van der Waals surface area contributed by atoms with E-state index >= 15 is 0 Å². The molecule has 0 saturated carbocycles. The van der Waals surface area contributed by atoms with Gasteiger partial charge in [-0.1, -0.05) is 5.11 Å². The van der Waals surface area contributed by atoms with E-state index in [-0.39, 0.29) is 58.2 Å². The van der Waals surface area contributed by atoms with Crippen LogP contribution in [-0.4, -0.2) is 402 Å². The van der Waals surface area contributed by atoms with E-state index in [1.165, 1.54) is 75.4 Å². The van der Waals surface area contributed by atoms with Crippen LogP contribution in [0.4, 0.5) is 0 Å². The number of likely N-dealkylation sites (N-methyl/N-ethyl adjacent to an activating group) is 10. The third-order valence-electron chi connectivity index (χ3n) is 14.5. The first-order valence-electron chi connectivity index (χ1n) is 34.0. The first-order valence-corrected chi connectivity index (χ1v) is 34.0. The summed E-state index contributed by atoms with van der Waals surface area (Å²) in [6.07, 6.45) is 7.30. The summed E-state index contributed by atoms with van der Waals surface area (Å²) in [6.45, 7) is 8.49. The summed E-state index contributed by atoms with van der Waals surface area (Å²) in [5.41, 5.74) is 13.6. The van der Waals surface area contributed by atoms with Crippen molar-refractivity contribution in [3.63, 3.8) is 0 Å². The maximum Gasteiger partial charge on any atom is 0.242 e. The molecule has 0 aliphatic rings. The Balaban J connectivity index is 4.00. The highest BCUT2D eigenvalue weighted by Crippen LogP contribution is 2.03. The number of nitrogens with one attached hydrogen (secondary N) is 1. The average molecular weight is 1430 g/mol. The summed E-state index contributed by atoms with van der Waals surface area (Å²) in [5.74, 6) is -6.05. The number of azide groups is 1. The standard InChI is InChI=1S/C64H119N15O21/c1-70(44-54(80)67-22-42-99-40-18-38-97-36-16-34-95-32-14-30-93-28-12-26-91-24-11-25-92-27-13-29-94-31-15-33-96-35-17-37-98-39-19-41-100-43-23-68-69-66)56(82)46-72(3)58(84)48-74(5)60(86)50-76(7)62(88)52-78(9)64(90)53-79(10)63(89)51-77(8)61(87)49-75(6)59(85)47-73(4)57(83)45-71(2)55(81)20-21-65/h11-53,65H2,1-10H3,(H,67,80). The number of nitrogens with two attached hydrogens (primary N) is 1. The van der Waals surface area contributed by atoms with E-state index in [2.05, 4.69) is 15.3 Å². The van der Waals surface area contributed by atoms with Crippen molar-refractivity contribution in [3.05, 3.63) is 10.4 Å². The van der Waals surface area contributed by atoms with Gasteiger partial charge in [0.2, 0.25) is 65.0 Å². The molecule has 36 heteroatoms. The Hall–Kier alpha value is -6.96. The number of ether oxygens (including phenoxy) is 10. The van der Waals surface area contributed by atoms with Gasteiger partial charge in [-0.05, 0) is 63.3 Å². The van der Waals surface area contributed by atoms with Gasteiger partial charge in [-0.3, -0.25) is 52.7 Å². The molecule has 0 aliphatic carbocycles. The second kappa shape index (κ2) is 60.8. The molecule has 0 rings (SSSR count). The zero-order valence-corrected chi connectivity index (χ0v) is 61.4. The van der Waals surface area contributed by atoms with Crippen molar-refractivity contribution >= 4 is 65.0 Å². The molecule has 100 heavy (non-hydrogen) atoms. The Kier molecular flexibility index (Phi) is 56.5. The largest absolute Gasteiger partial charge is 0.381 e. The number of hydrogen-bond donors (Lipinski definition) is 2. The molecule has 11 amide bonds. The van der Waals surface area contributed by atoms with E-state index in [1.807, 2.05) is 0 Å². The number of hydrogen-bond acceptors (Lipinski definition) is 23. The van der Waals surface area contributed by atoms with Crippen LogP contribution in [0.3, 0.4) is 0 Å². The van der Waals surface area contributed by atoms with Crippen LogP contribution in [0.25, 0.3) is 10.4 Å². The van der Waals surface area contributed by atoms with Crippen LogP contribution in [0.15, 0.2) is 5.11 Å². The van der Waals surface area contributed by atoms with Crippen molar-refractivity contribution in [2.45, 2.75) is 64.2 Å². The predicted molar refractivity (Wildman–Crippen MR) is 367 cm³/mol. The molecule has 0 aromatic rings. The minimum absolute atomic E-state index is 0.0630. The Bertz CT molecular complexity index is 2380. The van der Waals surface area contributed by atoms with Crippen molar-refractivity contribution in [2.24, 2.45) is 10.8 Å². The molecular weight excluding hydrogens is 1310 g/mol. The minimum Gasteiger partial charge on any atom is -0.381 e. The van der Waals surface area contributed by atoms with Gasteiger partial charge in [0.05, 0.1) is 78.7 Å². The van der Waals surface area contributed by atoms with Crippen molar-refractivity contribution in [2.75, 3.05) is 288 Å². The van der Waals surface area contributed by atoms with Crippen molar-refractivity contribution < 1.29 is 100 Å². The van der Waals surface area contributed by atoms with E-state index in [0.29, 0.717) is 138 Å². The first-order chi connectivity index (χ1) is 47.9. The van der Waals surface area contributed by atoms with Gasteiger partial charge in [-0.2, -0.15) is 0 Å². The summed E-state index contributed by atoms with van der Waals surface area (Å²) in [6, 6.07) is 0. The zero-order chi connectivity index (χ0) is 74.7. The van der Waals surface area contributed by atoms with Gasteiger partial charge in [-0.25, -0.2) is 0 Å². The predicted octanol–water partition coefficient (Wildman–Crippen LogP) is -1.98. The fraction of sp³-hybridized carbons (Fsp3) is 0.828. The Morgan fingerprint density at radius 1 is 0.290 bits per heavy atom. The number of nitrogens with zero attached hydrogens (tertiary/aromatic N) is 13. The second-order valence-corrected chi connectivity index (χ2v) is 23.6. The summed E-state index contributed by atoms with van der Waals surface area (Å²) in [4.78, 5) is 154. The van der Waals surface area contributed by atoms with Crippen LogP contribution < -0.4 is 11.1 Å². The molecule has 0 fully saturated rings. The molecule has 0 atom stereocenters.